The van der Waals surface area contributed by atoms with Crippen molar-refractivity contribution in [2.75, 3.05) is 0 Å². The van der Waals surface area contributed by atoms with E-state index in [4.69, 9.17) is 0 Å². The molecule has 1 rings (SSSR count). The quantitative estimate of drug-likeness (QED) is 0.403. The first-order valence-electron chi connectivity index (χ1n) is 6.16. The van der Waals surface area contributed by atoms with Crippen LogP contribution in [-0.4, -0.2) is 23.9 Å². The third kappa shape index (κ3) is 4.60. The van der Waals surface area contributed by atoms with Gasteiger partial charge in [-0.2, -0.15) is 39.5 Å². The summed E-state index contributed by atoms with van der Waals surface area (Å²) in [5, 5.41) is 0. The van der Waals surface area contributed by atoms with Crippen molar-refractivity contribution < 1.29 is 58.9 Å². The second-order valence-corrected chi connectivity index (χ2v) is 7.55. The van der Waals surface area contributed by atoms with Crippen LogP contribution in [-0.2, 0) is 0 Å². The maximum absolute atomic E-state index is 13.2. The normalized spacial score (nSPS) is 17.7. The number of alkyl halides is 9. The Kier molecular flexibility index (Phi) is 4.71. The molecule has 0 unspecified atom stereocenters. The second-order valence-electron chi connectivity index (χ2n) is 5.14. The third-order valence-corrected chi connectivity index (χ3v) is 4.14. The van der Waals surface area contributed by atoms with Crippen LogP contribution in [0.15, 0.2) is 35.2 Å². The zero-order chi connectivity index (χ0) is 21.8. The Morgan fingerprint density at radius 3 is 1.37 bits per heavy atom. The summed E-state index contributed by atoms with van der Waals surface area (Å²) in [6.07, 6.45) is -8.37. The Morgan fingerprint density at radius 2 is 1.04 bits per heavy atom. The van der Waals surface area contributed by atoms with Crippen LogP contribution in [0.2, 0.25) is 0 Å². The van der Waals surface area contributed by atoms with Crippen LogP contribution in [0.4, 0.5) is 58.9 Å². The molecule has 0 aliphatic carbocycles. The van der Waals surface area contributed by atoms with Crippen molar-refractivity contribution in [2.45, 2.75) is 28.8 Å². The summed E-state index contributed by atoms with van der Waals surface area (Å²) in [4.78, 5) is -2.46. The predicted octanol–water partition coefficient (Wildman–Crippen LogP) is 7.83. The number of hydrogen-bond donors (Lipinski definition) is 0. The first-order valence-corrected chi connectivity index (χ1v) is 8.11. The van der Waals surface area contributed by atoms with E-state index in [0.29, 0.717) is 0 Å². The molecule has 0 aliphatic rings. The van der Waals surface area contributed by atoms with Crippen molar-refractivity contribution in [3.63, 3.8) is 0 Å². The molecule has 0 atom stereocenters. The molecular weight excluding hydrogens is 442 g/mol. The van der Waals surface area contributed by atoms with Gasteiger partial charge in [0, 0.05) is 0 Å². The van der Waals surface area contributed by atoms with Crippen molar-refractivity contribution in [3.8, 4) is 0 Å². The monoisotopic (exact) mass is 448 g/mol. The number of allylic oxidation sites excluding steroid dienone is 1. The molecule has 0 saturated carbocycles. The van der Waals surface area contributed by atoms with Crippen molar-refractivity contribution in [1.82, 2.24) is 0 Å². The van der Waals surface area contributed by atoms with Crippen LogP contribution in [0.3, 0.4) is 0 Å². The smallest absolute Gasteiger partial charge is 0.195 e. The van der Waals surface area contributed by atoms with Crippen molar-refractivity contribution in [1.29, 1.82) is 0 Å². The average Bonchev–Trinajstić information content (AvgIpc) is 2.41. The minimum Gasteiger partial charge on any atom is -0.195 e. The largest absolute Gasteiger partial charge is 0.460 e. The topological polar surface area (TPSA) is 0 Å². The van der Waals surface area contributed by atoms with Crippen molar-refractivity contribution in [2.24, 2.45) is 0 Å². The molecule has 27 heavy (non-hydrogen) atoms. The molecule has 0 saturated heterocycles. The molecule has 0 aromatic heterocycles. The van der Waals surface area contributed by atoms with Crippen LogP contribution < -0.4 is 0 Å². The van der Waals surface area contributed by atoms with Crippen LogP contribution in [0.25, 0.3) is 6.08 Å². The molecule has 0 N–H and O–H groups in total. The molecule has 0 nitrogen and oxygen atoms in total. The van der Waals surface area contributed by atoms with Crippen LogP contribution in [0.1, 0.15) is 5.56 Å². The van der Waals surface area contributed by atoms with Crippen LogP contribution >= 0.6 is 10.2 Å². The van der Waals surface area contributed by atoms with E-state index in [1.165, 1.54) is 0 Å². The van der Waals surface area contributed by atoms with Gasteiger partial charge in [-0.05, 0) is 23.8 Å². The molecule has 1 aromatic rings. The lowest BCUT2D eigenvalue weighted by Gasteiger charge is -2.40. The van der Waals surface area contributed by atoms with E-state index in [-0.39, 0.29) is 30.3 Å². The summed E-state index contributed by atoms with van der Waals surface area (Å²) in [5.41, 5.74) is -0.883. The highest BCUT2D eigenvalue weighted by Crippen LogP contribution is 3.02. The Bertz CT molecular complexity index is 722. The summed E-state index contributed by atoms with van der Waals surface area (Å²) in [5.74, 6) is -20.2. The Hall–Kier alpha value is -1.67. The van der Waals surface area contributed by atoms with E-state index in [2.05, 4.69) is 0 Å². The van der Waals surface area contributed by atoms with Gasteiger partial charge in [0.15, 0.2) is 0 Å². The molecular formula is C12H6F14S. The molecule has 0 heterocycles. The van der Waals surface area contributed by atoms with Gasteiger partial charge in [-0.15, -0.1) is 0 Å². The molecule has 0 fully saturated rings. The summed E-state index contributed by atoms with van der Waals surface area (Å²) in [7, 11) is -10.1. The van der Waals surface area contributed by atoms with Gasteiger partial charge in [-0.3, -0.25) is 0 Å². The number of rotatable bonds is 5. The molecule has 0 radical (unpaired) electrons. The SMILES string of the molecule is FC(F)(F)C(F)(F)C(F)(F)C(F)(F)C=Cc1ccc(S(F)(F)(F)(F)F)cc1. The van der Waals surface area contributed by atoms with Crippen LogP contribution in [0, 0.1) is 0 Å². The van der Waals surface area contributed by atoms with Gasteiger partial charge in [0.05, 0.1) is 0 Å². The van der Waals surface area contributed by atoms with Gasteiger partial charge in [0.25, 0.3) is 0 Å². The minimum absolute atomic E-state index is 0.0971. The first-order chi connectivity index (χ1) is 11.4. The van der Waals surface area contributed by atoms with Gasteiger partial charge >= 0.3 is 34.2 Å². The lowest BCUT2D eigenvalue weighted by atomic mass is 10.0. The fourth-order valence-electron chi connectivity index (χ4n) is 1.53. The highest BCUT2D eigenvalue weighted by molar-refractivity contribution is 8.45. The van der Waals surface area contributed by atoms with Gasteiger partial charge in [-0.25, -0.2) is 0 Å². The predicted molar refractivity (Wildman–Crippen MR) is 67.8 cm³/mol. The lowest BCUT2D eigenvalue weighted by molar-refractivity contribution is -0.388. The van der Waals surface area contributed by atoms with E-state index in [1.54, 1.807) is 0 Å². The van der Waals surface area contributed by atoms with E-state index < -0.39 is 50.7 Å². The van der Waals surface area contributed by atoms with Gasteiger partial charge in [-0.1, -0.05) is 37.6 Å². The van der Waals surface area contributed by atoms with E-state index in [0.717, 1.165) is 0 Å². The van der Waals surface area contributed by atoms with E-state index in [1.807, 2.05) is 0 Å². The van der Waals surface area contributed by atoms with Crippen molar-refractivity contribution >= 4 is 16.3 Å². The Balaban J connectivity index is 3.22. The van der Waals surface area contributed by atoms with E-state index >= 15 is 0 Å². The number of halogens is 14. The summed E-state index contributed by atoms with van der Waals surface area (Å²) in [6.45, 7) is 0. The third-order valence-electron chi connectivity index (χ3n) is 2.98. The van der Waals surface area contributed by atoms with E-state index in [9.17, 15) is 58.9 Å². The minimum atomic E-state index is -10.1. The van der Waals surface area contributed by atoms with Crippen LogP contribution in [0.5, 0.6) is 0 Å². The van der Waals surface area contributed by atoms with Gasteiger partial charge < -0.3 is 0 Å². The van der Waals surface area contributed by atoms with Gasteiger partial charge in [0.2, 0.25) is 0 Å². The zero-order valence-corrected chi connectivity index (χ0v) is 13.0. The maximum Gasteiger partial charge on any atom is 0.460 e. The summed E-state index contributed by atoms with van der Waals surface area (Å²) < 4.78 is 175. The number of benzene rings is 1. The molecule has 0 amide bonds. The molecule has 1 aromatic carbocycles. The number of hydrogen-bond acceptors (Lipinski definition) is 0. The maximum atomic E-state index is 13.2. The second kappa shape index (κ2) is 5.44. The standard InChI is InChI=1S/C12H6F14S/c13-9(14,10(15,16)11(17,18)12(19,20)21)6-5-7-1-3-8(4-2-7)27(22,23,24,25)26/h1-6H. The highest BCUT2D eigenvalue weighted by Gasteiger charge is 2.81. The van der Waals surface area contributed by atoms with Crippen molar-refractivity contribution in [3.05, 3.63) is 35.9 Å². The Labute approximate surface area is 141 Å². The Morgan fingerprint density at radius 1 is 0.630 bits per heavy atom. The zero-order valence-electron chi connectivity index (χ0n) is 12.2. The molecule has 0 aliphatic heterocycles. The summed E-state index contributed by atoms with van der Waals surface area (Å²) in [6, 6.07) is -0.413. The lowest BCUT2D eigenvalue weighted by Crippen LogP contribution is -2.60. The average molecular weight is 448 g/mol. The highest BCUT2D eigenvalue weighted by atomic mass is 32.5. The molecule has 15 heteroatoms. The fourth-order valence-corrected chi connectivity index (χ4v) is 2.18. The first kappa shape index (κ1) is 23.4. The molecule has 0 bridgehead atoms. The molecule has 158 valence electrons. The fraction of sp³-hybridized carbons (Fsp3) is 0.333. The summed E-state index contributed by atoms with van der Waals surface area (Å²) >= 11 is 0. The molecule has 0 spiro atoms. The van der Waals surface area contributed by atoms with Gasteiger partial charge in [0.1, 0.15) is 4.90 Å².